The number of carbonyl (C=O) groups excluding carboxylic acids is 1. The smallest absolute Gasteiger partial charge is 0.283 e. The Kier molecular flexibility index (Phi) is 5.82. The minimum Gasteiger partial charge on any atom is -0.305 e. The molecule has 2 aromatic carbocycles. The molecule has 7 nitrogen and oxygen atoms in total. The summed E-state index contributed by atoms with van der Waals surface area (Å²) in [5, 5.41) is 0. The number of halogens is 2. The van der Waals surface area contributed by atoms with Crippen LogP contribution < -0.4 is 4.90 Å². The number of anilines is 1. The average Bonchev–Trinajstić information content (AvgIpc) is 3.42. The van der Waals surface area contributed by atoms with Gasteiger partial charge in [0.1, 0.15) is 29.0 Å². The van der Waals surface area contributed by atoms with Crippen molar-refractivity contribution in [2.75, 3.05) is 18.0 Å². The first-order valence-corrected chi connectivity index (χ1v) is 12.9. The van der Waals surface area contributed by atoms with Crippen LogP contribution in [-0.2, 0) is 6.54 Å². The molecule has 4 aromatic rings. The minimum absolute atomic E-state index is 0.243. The fourth-order valence-corrected chi connectivity index (χ4v) is 5.27. The molecule has 0 saturated heterocycles. The summed E-state index contributed by atoms with van der Waals surface area (Å²) >= 11 is 0. The van der Waals surface area contributed by atoms with E-state index >= 15 is 4.39 Å². The summed E-state index contributed by atoms with van der Waals surface area (Å²) < 4.78 is 31.1. The second kappa shape index (κ2) is 9.11. The van der Waals surface area contributed by atoms with Gasteiger partial charge in [-0.3, -0.25) is 19.6 Å². The molecule has 0 atom stereocenters. The van der Waals surface area contributed by atoms with E-state index in [0.717, 1.165) is 11.1 Å². The standard InChI is InChI=1S/C30H28F2N6O/c1-5-36-28(39)25-27(38-17-30(3,4)35-29(36)38)37(16-19-9-11-22(31)12-10-19)26(34-25)21-14-23(32)24(33-15-21)20-8-6-7-18(2)13-20/h6-15H,5,16-17H2,1-4H3. The maximum atomic E-state index is 15.5. The van der Waals surface area contributed by atoms with E-state index in [4.69, 9.17) is 9.98 Å². The summed E-state index contributed by atoms with van der Waals surface area (Å²) in [4.78, 5) is 31.3. The van der Waals surface area contributed by atoms with E-state index in [-0.39, 0.29) is 23.1 Å². The van der Waals surface area contributed by atoms with Crippen molar-refractivity contribution in [1.29, 1.82) is 0 Å². The van der Waals surface area contributed by atoms with E-state index in [2.05, 4.69) is 4.98 Å². The molecule has 0 fully saturated rings. The monoisotopic (exact) mass is 526 g/mol. The molecule has 2 aliphatic rings. The van der Waals surface area contributed by atoms with E-state index < -0.39 is 11.4 Å². The van der Waals surface area contributed by atoms with Gasteiger partial charge in [0.05, 0.1) is 18.6 Å². The molecular weight excluding hydrogens is 498 g/mol. The van der Waals surface area contributed by atoms with Crippen LogP contribution in [0.3, 0.4) is 0 Å². The molecule has 0 bridgehead atoms. The van der Waals surface area contributed by atoms with Gasteiger partial charge in [0.15, 0.2) is 5.69 Å². The summed E-state index contributed by atoms with van der Waals surface area (Å²) in [6.07, 6.45) is 1.58. The number of carbonyl (C=O) groups is 1. The quantitative estimate of drug-likeness (QED) is 0.336. The van der Waals surface area contributed by atoms with Gasteiger partial charge in [-0.05, 0) is 57.5 Å². The van der Waals surface area contributed by atoms with Gasteiger partial charge in [0.25, 0.3) is 5.91 Å². The molecule has 0 N–H and O–H groups in total. The number of pyridine rings is 1. The zero-order chi connectivity index (χ0) is 27.5. The predicted molar refractivity (Wildman–Crippen MR) is 147 cm³/mol. The average molecular weight is 527 g/mol. The van der Waals surface area contributed by atoms with Crippen molar-refractivity contribution in [1.82, 2.24) is 19.4 Å². The first kappa shape index (κ1) is 24.9. The Balaban J connectivity index is 1.53. The van der Waals surface area contributed by atoms with Crippen molar-refractivity contribution >= 4 is 17.7 Å². The Morgan fingerprint density at radius 2 is 1.77 bits per heavy atom. The zero-order valence-electron chi connectivity index (χ0n) is 22.2. The van der Waals surface area contributed by atoms with Crippen molar-refractivity contribution in [2.24, 2.45) is 4.99 Å². The number of hydrogen-bond donors (Lipinski definition) is 0. The Morgan fingerprint density at radius 3 is 2.46 bits per heavy atom. The van der Waals surface area contributed by atoms with Gasteiger partial charge < -0.3 is 4.57 Å². The van der Waals surface area contributed by atoms with Crippen molar-refractivity contribution in [3.05, 3.63) is 89.2 Å². The maximum Gasteiger partial charge on any atom is 0.283 e. The molecule has 0 spiro atoms. The number of hydrogen-bond acceptors (Lipinski definition) is 5. The van der Waals surface area contributed by atoms with Gasteiger partial charge in [-0.2, -0.15) is 0 Å². The molecule has 39 heavy (non-hydrogen) atoms. The molecule has 4 heterocycles. The molecule has 0 aliphatic carbocycles. The molecular formula is C30H28F2N6O. The van der Waals surface area contributed by atoms with E-state index in [1.807, 2.05) is 61.4 Å². The zero-order valence-corrected chi connectivity index (χ0v) is 22.2. The summed E-state index contributed by atoms with van der Waals surface area (Å²) in [6, 6.07) is 15.1. The number of imidazole rings is 1. The van der Waals surface area contributed by atoms with Crippen LogP contribution in [-0.4, -0.2) is 49.9 Å². The fourth-order valence-electron chi connectivity index (χ4n) is 5.27. The van der Waals surface area contributed by atoms with Crippen LogP contribution in [0.5, 0.6) is 0 Å². The predicted octanol–water partition coefficient (Wildman–Crippen LogP) is 5.68. The number of fused-ring (bicyclic) bond motifs is 3. The molecule has 198 valence electrons. The Morgan fingerprint density at radius 1 is 1.00 bits per heavy atom. The fraction of sp³-hybridized carbons (Fsp3) is 0.267. The largest absolute Gasteiger partial charge is 0.305 e. The Hall–Kier alpha value is -4.40. The molecule has 1 amide bonds. The lowest BCUT2D eigenvalue weighted by Crippen LogP contribution is -2.51. The van der Waals surface area contributed by atoms with Crippen LogP contribution in [0.25, 0.3) is 22.6 Å². The highest BCUT2D eigenvalue weighted by Crippen LogP contribution is 2.39. The van der Waals surface area contributed by atoms with E-state index in [1.165, 1.54) is 18.2 Å². The van der Waals surface area contributed by atoms with Crippen LogP contribution in [0.4, 0.5) is 14.6 Å². The van der Waals surface area contributed by atoms with E-state index in [1.54, 1.807) is 23.2 Å². The second-order valence-electron chi connectivity index (χ2n) is 10.6. The van der Waals surface area contributed by atoms with E-state index in [0.29, 0.717) is 48.4 Å². The highest BCUT2D eigenvalue weighted by Gasteiger charge is 2.45. The van der Waals surface area contributed by atoms with Gasteiger partial charge in [0, 0.05) is 23.9 Å². The van der Waals surface area contributed by atoms with Gasteiger partial charge >= 0.3 is 0 Å². The SMILES string of the molecule is CCN1C(=O)c2nc(-c3cnc(-c4cccc(C)c4)c(F)c3)n(Cc3ccc(F)cc3)c2N2CC(C)(C)N=C12. The topological polar surface area (TPSA) is 66.6 Å². The lowest BCUT2D eigenvalue weighted by molar-refractivity contribution is 0.0841. The normalized spacial score (nSPS) is 15.8. The summed E-state index contributed by atoms with van der Waals surface area (Å²) in [7, 11) is 0. The van der Waals surface area contributed by atoms with Crippen molar-refractivity contribution in [3.8, 4) is 22.6 Å². The van der Waals surface area contributed by atoms with Crippen molar-refractivity contribution in [3.63, 3.8) is 0 Å². The number of rotatable bonds is 5. The molecule has 2 aromatic heterocycles. The number of benzene rings is 2. The number of guanidine groups is 1. The highest BCUT2D eigenvalue weighted by atomic mass is 19.1. The van der Waals surface area contributed by atoms with Gasteiger partial charge in [-0.1, -0.05) is 35.9 Å². The van der Waals surface area contributed by atoms with Gasteiger partial charge in [0.2, 0.25) is 5.96 Å². The first-order chi connectivity index (χ1) is 18.6. The molecule has 0 saturated carbocycles. The third-order valence-electron chi connectivity index (χ3n) is 7.04. The highest BCUT2D eigenvalue weighted by molar-refractivity contribution is 6.18. The second-order valence-corrected chi connectivity index (χ2v) is 10.6. The Bertz CT molecular complexity index is 1640. The minimum atomic E-state index is -0.488. The first-order valence-electron chi connectivity index (χ1n) is 12.9. The lowest BCUT2D eigenvalue weighted by atomic mass is 10.1. The third-order valence-corrected chi connectivity index (χ3v) is 7.04. The lowest BCUT2D eigenvalue weighted by Gasteiger charge is -2.34. The van der Waals surface area contributed by atoms with Gasteiger partial charge in [-0.25, -0.2) is 18.8 Å². The van der Waals surface area contributed by atoms with Gasteiger partial charge in [-0.15, -0.1) is 0 Å². The molecule has 6 rings (SSSR count). The molecule has 0 unspecified atom stereocenters. The van der Waals surface area contributed by atoms with Crippen LogP contribution >= 0.6 is 0 Å². The van der Waals surface area contributed by atoms with Crippen LogP contribution in [0.2, 0.25) is 0 Å². The molecule has 0 radical (unpaired) electrons. The number of aryl methyl sites for hydroxylation is 1. The molecule has 2 aliphatic heterocycles. The summed E-state index contributed by atoms with van der Waals surface area (Å²) in [5.41, 5.74) is 3.03. The van der Waals surface area contributed by atoms with Crippen LogP contribution in [0.15, 0.2) is 65.8 Å². The summed E-state index contributed by atoms with van der Waals surface area (Å²) in [5.74, 6) is 0.487. The number of amides is 1. The molecule has 9 heteroatoms. The maximum absolute atomic E-state index is 15.5. The number of aliphatic imine (C=N–C) groups is 1. The van der Waals surface area contributed by atoms with E-state index in [9.17, 15) is 9.18 Å². The number of aromatic nitrogens is 3. The van der Waals surface area contributed by atoms with Crippen LogP contribution in [0.1, 0.15) is 42.4 Å². The number of nitrogens with zero attached hydrogens (tertiary/aromatic N) is 6. The third kappa shape index (κ3) is 4.27. The van der Waals surface area contributed by atoms with Crippen molar-refractivity contribution in [2.45, 2.75) is 39.8 Å². The Labute approximate surface area is 225 Å². The van der Waals surface area contributed by atoms with Crippen molar-refractivity contribution < 1.29 is 13.6 Å². The summed E-state index contributed by atoms with van der Waals surface area (Å²) in [6.45, 7) is 9.15. The van der Waals surface area contributed by atoms with Crippen LogP contribution in [0, 0.1) is 18.6 Å².